The zero-order valence-corrected chi connectivity index (χ0v) is 18.4. The van der Waals surface area contributed by atoms with Crippen molar-refractivity contribution in [3.05, 3.63) is 72.4 Å². The van der Waals surface area contributed by atoms with E-state index in [1.165, 1.54) is 0 Å². The summed E-state index contributed by atoms with van der Waals surface area (Å²) in [6.45, 7) is 3.63. The number of rotatable bonds is 7. The van der Waals surface area contributed by atoms with Crippen molar-refractivity contribution in [2.24, 2.45) is 4.99 Å². The molecule has 0 aliphatic carbocycles. The van der Waals surface area contributed by atoms with E-state index in [1.54, 1.807) is 18.4 Å². The van der Waals surface area contributed by atoms with Crippen LogP contribution in [0.2, 0.25) is 0 Å². The van der Waals surface area contributed by atoms with Gasteiger partial charge in [-0.25, -0.2) is 9.67 Å². The molecule has 3 rings (SSSR count). The maximum Gasteiger partial charge on any atom is 0.194 e. The molecule has 0 aliphatic rings. The average Bonchev–Trinajstić information content (AvgIpc) is 3.37. The summed E-state index contributed by atoms with van der Waals surface area (Å²) in [6.07, 6.45) is 4.64. The monoisotopic (exact) mass is 495 g/mol. The van der Waals surface area contributed by atoms with Gasteiger partial charge in [0.15, 0.2) is 5.96 Å². The number of hydrogen-bond donors (Lipinski definition) is 2. The molecule has 0 saturated heterocycles. The Kier molecular flexibility index (Phi) is 8.52. The Morgan fingerprint density at radius 2 is 2.07 bits per heavy atom. The van der Waals surface area contributed by atoms with Gasteiger partial charge in [0.1, 0.15) is 11.9 Å². The van der Waals surface area contributed by atoms with Crippen molar-refractivity contribution in [1.82, 2.24) is 20.0 Å². The van der Waals surface area contributed by atoms with Gasteiger partial charge in [-0.05, 0) is 31.2 Å². The number of furan rings is 1. The van der Waals surface area contributed by atoms with Crippen LogP contribution in [0.5, 0.6) is 0 Å². The van der Waals surface area contributed by atoms with E-state index in [9.17, 15) is 5.11 Å². The Balaban J connectivity index is 0.00000280. The van der Waals surface area contributed by atoms with Gasteiger partial charge in [0.25, 0.3) is 0 Å². The normalized spacial score (nSPS) is 12.3. The van der Waals surface area contributed by atoms with Gasteiger partial charge in [-0.1, -0.05) is 18.2 Å². The van der Waals surface area contributed by atoms with E-state index in [4.69, 9.17) is 4.42 Å². The van der Waals surface area contributed by atoms with Gasteiger partial charge in [-0.15, -0.1) is 24.0 Å². The summed E-state index contributed by atoms with van der Waals surface area (Å²) in [7, 11) is 1.96. The highest BCUT2D eigenvalue weighted by atomic mass is 127. The quantitative estimate of drug-likeness (QED) is 0.299. The number of aliphatic hydroxyl groups excluding tert-OH is 1. The number of aromatic nitrogens is 2. The fraction of sp³-hybridized carbons (Fsp3) is 0.300. The van der Waals surface area contributed by atoms with Gasteiger partial charge >= 0.3 is 0 Å². The predicted molar refractivity (Wildman–Crippen MR) is 120 cm³/mol. The molecule has 7 nitrogen and oxygen atoms in total. The molecule has 8 heteroatoms. The van der Waals surface area contributed by atoms with Crippen molar-refractivity contribution in [2.45, 2.75) is 19.6 Å². The summed E-state index contributed by atoms with van der Waals surface area (Å²) in [5.74, 6) is 1.23. The van der Waals surface area contributed by atoms with Crippen LogP contribution in [-0.4, -0.2) is 45.9 Å². The van der Waals surface area contributed by atoms with Crippen molar-refractivity contribution >= 4 is 29.9 Å². The number of guanidine groups is 1. The molecule has 1 unspecified atom stereocenters. The van der Waals surface area contributed by atoms with Gasteiger partial charge in [-0.3, -0.25) is 0 Å². The number of halogens is 1. The van der Waals surface area contributed by atoms with E-state index in [1.807, 2.05) is 66.3 Å². The smallest absolute Gasteiger partial charge is 0.194 e. The molecule has 0 saturated carbocycles. The summed E-state index contributed by atoms with van der Waals surface area (Å²) in [5, 5.41) is 17.8. The Hall–Kier alpha value is -2.33. The van der Waals surface area contributed by atoms with Crippen LogP contribution in [0.15, 0.2) is 70.5 Å². The largest absolute Gasteiger partial charge is 0.467 e. The number of aliphatic imine (C=N–C) groups is 1. The molecule has 0 amide bonds. The summed E-state index contributed by atoms with van der Waals surface area (Å²) < 4.78 is 7.08. The number of nitrogens with zero attached hydrogens (tertiary/aromatic N) is 4. The lowest BCUT2D eigenvalue weighted by molar-refractivity contribution is 0.158. The van der Waals surface area contributed by atoms with Gasteiger partial charge < -0.3 is 19.7 Å². The first kappa shape index (κ1) is 22.0. The lowest BCUT2D eigenvalue weighted by atomic mass is 10.3. The first-order valence-electron chi connectivity index (χ1n) is 8.97. The van der Waals surface area contributed by atoms with E-state index in [-0.39, 0.29) is 30.5 Å². The van der Waals surface area contributed by atoms with Crippen LogP contribution in [0.1, 0.15) is 24.4 Å². The minimum absolute atomic E-state index is 0. The Labute approximate surface area is 182 Å². The molecular formula is C20H26IN5O2. The number of benzene rings is 1. The Bertz CT molecular complexity index is 849. The second-order valence-corrected chi connectivity index (χ2v) is 6.21. The molecule has 2 N–H and O–H groups in total. The standard InChI is InChI=1S/C20H25N5O2.HI/c1-3-21-20(22-13-18(26)19-10-7-11-27-19)24(2)14-16-12-23-25(15-16)17-8-5-4-6-9-17;/h4-12,15,18,26H,3,13-14H2,1-2H3,(H,21,22);1H. The minimum Gasteiger partial charge on any atom is -0.467 e. The van der Waals surface area contributed by atoms with Gasteiger partial charge in [0, 0.05) is 31.9 Å². The van der Waals surface area contributed by atoms with Gasteiger partial charge in [-0.2, -0.15) is 5.10 Å². The number of aliphatic hydroxyl groups is 1. The Morgan fingerprint density at radius 3 is 2.75 bits per heavy atom. The molecule has 0 spiro atoms. The van der Waals surface area contributed by atoms with Crippen LogP contribution in [0.3, 0.4) is 0 Å². The lowest BCUT2D eigenvalue weighted by Gasteiger charge is -2.21. The SMILES string of the molecule is CCNC(=NCC(O)c1ccco1)N(C)Cc1cnn(-c2ccccc2)c1.I. The number of nitrogens with one attached hydrogen (secondary N) is 1. The molecule has 1 aromatic carbocycles. The molecule has 28 heavy (non-hydrogen) atoms. The van der Waals surface area contributed by atoms with E-state index in [0.29, 0.717) is 12.3 Å². The van der Waals surface area contributed by atoms with Crippen LogP contribution in [0.25, 0.3) is 5.69 Å². The zero-order chi connectivity index (χ0) is 19.1. The van der Waals surface area contributed by atoms with Crippen LogP contribution in [0.4, 0.5) is 0 Å². The molecule has 0 radical (unpaired) electrons. The van der Waals surface area contributed by atoms with Crippen molar-refractivity contribution in [1.29, 1.82) is 0 Å². The minimum atomic E-state index is -0.761. The molecule has 0 aliphatic heterocycles. The average molecular weight is 495 g/mol. The molecule has 0 bridgehead atoms. The molecule has 3 aromatic rings. The van der Waals surface area contributed by atoms with Crippen LogP contribution in [-0.2, 0) is 6.54 Å². The number of para-hydroxylation sites is 1. The number of hydrogen-bond acceptors (Lipinski definition) is 4. The highest BCUT2D eigenvalue weighted by Gasteiger charge is 2.13. The van der Waals surface area contributed by atoms with Crippen LogP contribution < -0.4 is 5.32 Å². The maximum atomic E-state index is 10.2. The fourth-order valence-corrected chi connectivity index (χ4v) is 2.73. The summed E-state index contributed by atoms with van der Waals surface area (Å²) in [4.78, 5) is 6.53. The molecular weight excluding hydrogens is 469 g/mol. The third-order valence-corrected chi connectivity index (χ3v) is 4.06. The molecule has 1 atom stereocenters. The lowest BCUT2D eigenvalue weighted by Crippen LogP contribution is -2.38. The molecule has 150 valence electrons. The van der Waals surface area contributed by atoms with Crippen molar-refractivity contribution in [3.8, 4) is 5.69 Å². The summed E-state index contributed by atoms with van der Waals surface area (Å²) >= 11 is 0. The Morgan fingerprint density at radius 1 is 1.29 bits per heavy atom. The van der Waals surface area contributed by atoms with E-state index < -0.39 is 6.10 Å². The first-order chi connectivity index (χ1) is 13.2. The topological polar surface area (TPSA) is 78.8 Å². The van der Waals surface area contributed by atoms with E-state index >= 15 is 0 Å². The summed E-state index contributed by atoms with van der Waals surface area (Å²) in [5.41, 5.74) is 2.09. The van der Waals surface area contributed by atoms with Crippen LogP contribution in [0, 0.1) is 0 Å². The predicted octanol–water partition coefficient (Wildman–Crippen LogP) is 3.21. The first-order valence-corrected chi connectivity index (χ1v) is 8.97. The van der Waals surface area contributed by atoms with Gasteiger partial charge in [0.2, 0.25) is 0 Å². The highest BCUT2D eigenvalue weighted by molar-refractivity contribution is 14.0. The van der Waals surface area contributed by atoms with Crippen molar-refractivity contribution < 1.29 is 9.52 Å². The summed E-state index contributed by atoms with van der Waals surface area (Å²) in [6, 6.07) is 13.5. The highest BCUT2D eigenvalue weighted by Crippen LogP contribution is 2.14. The maximum absolute atomic E-state index is 10.2. The van der Waals surface area contributed by atoms with Gasteiger partial charge in [0.05, 0.1) is 24.7 Å². The molecule has 2 aromatic heterocycles. The van der Waals surface area contributed by atoms with Crippen molar-refractivity contribution in [3.63, 3.8) is 0 Å². The second kappa shape index (κ2) is 10.9. The van der Waals surface area contributed by atoms with E-state index in [0.717, 1.165) is 23.8 Å². The second-order valence-electron chi connectivity index (χ2n) is 6.21. The van der Waals surface area contributed by atoms with Crippen LogP contribution >= 0.6 is 24.0 Å². The molecule has 0 fully saturated rings. The third kappa shape index (κ3) is 5.83. The van der Waals surface area contributed by atoms with Crippen molar-refractivity contribution in [2.75, 3.05) is 20.1 Å². The fourth-order valence-electron chi connectivity index (χ4n) is 2.73. The molecule has 2 heterocycles. The van der Waals surface area contributed by atoms with E-state index in [2.05, 4.69) is 15.4 Å². The zero-order valence-electron chi connectivity index (χ0n) is 16.0. The third-order valence-electron chi connectivity index (χ3n) is 4.06.